The van der Waals surface area contributed by atoms with Gasteiger partial charge in [0.15, 0.2) is 5.82 Å². The van der Waals surface area contributed by atoms with Crippen LogP contribution in [0.2, 0.25) is 0 Å². The van der Waals surface area contributed by atoms with Gasteiger partial charge in [0, 0.05) is 47.6 Å². The summed E-state index contributed by atoms with van der Waals surface area (Å²) in [6.07, 6.45) is -0.0770. The Morgan fingerprint density at radius 1 is 1.19 bits per heavy atom. The molecule has 1 aromatic carbocycles. The lowest BCUT2D eigenvalue weighted by atomic mass is 10.2. The number of morpholine rings is 1. The van der Waals surface area contributed by atoms with Gasteiger partial charge in [-0.2, -0.15) is 0 Å². The minimum Gasteiger partial charge on any atom is -0.497 e. The fourth-order valence-electron chi connectivity index (χ4n) is 3.52. The van der Waals surface area contributed by atoms with E-state index in [0.29, 0.717) is 6.61 Å². The Kier molecular flexibility index (Phi) is 4.61. The average molecular weight is 352 g/mol. The number of aromatic amines is 1. The number of rotatable bonds is 4. The minimum atomic E-state index is -0.0770. The molecule has 0 saturated carbocycles. The number of hydrogen-bond acceptors (Lipinski definition) is 5. The van der Waals surface area contributed by atoms with Gasteiger partial charge >= 0.3 is 0 Å². The van der Waals surface area contributed by atoms with Gasteiger partial charge in [-0.1, -0.05) is 0 Å². The molecule has 3 heterocycles. The van der Waals surface area contributed by atoms with Crippen molar-refractivity contribution in [1.82, 2.24) is 19.9 Å². The summed E-state index contributed by atoms with van der Waals surface area (Å²) < 4.78 is 11.2. The highest BCUT2D eigenvalue weighted by Gasteiger charge is 2.25. The van der Waals surface area contributed by atoms with Crippen molar-refractivity contribution >= 4 is 10.9 Å². The van der Waals surface area contributed by atoms with E-state index in [1.165, 1.54) is 11.1 Å². The van der Waals surface area contributed by atoms with Crippen LogP contribution in [0.4, 0.5) is 0 Å². The van der Waals surface area contributed by atoms with Gasteiger partial charge in [-0.25, -0.2) is 9.97 Å². The van der Waals surface area contributed by atoms with E-state index in [1.807, 2.05) is 26.0 Å². The average Bonchev–Trinajstić information content (AvgIpc) is 3.02. The van der Waals surface area contributed by atoms with Crippen molar-refractivity contribution in [2.24, 2.45) is 0 Å². The van der Waals surface area contributed by atoms with Crippen molar-refractivity contribution < 1.29 is 9.47 Å². The lowest BCUT2D eigenvalue weighted by Crippen LogP contribution is -2.38. The molecule has 1 aliphatic heterocycles. The highest BCUT2D eigenvalue weighted by molar-refractivity contribution is 5.81. The van der Waals surface area contributed by atoms with Crippen LogP contribution in [0.25, 0.3) is 10.9 Å². The number of hydrogen-bond donors (Lipinski definition) is 1. The van der Waals surface area contributed by atoms with Crippen LogP contribution in [-0.4, -0.2) is 46.7 Å². The lowest BCUT2D eigenvalue weighted by Gasteiger charge is -2.32. The van der Waals surface area contributed by atoms with E-state index in [-0.39, 0.29) is 6.10 Å². The van der Waals surface area contributed by atoms with Gasteiger partial charge < -0.3 is 14.5 Å². The second-order valence-electron chi connectivity index (χ2n) is 6.85. The maximum Gasteiger partial charge on any atom is 0.158 e. The Labute approximate surface area is 153 Å². The number of aryl methyl sites for hydroxylation is 2. The predicted molar refractivity (Wildman–Crippen MR) is 100 cm³/mol. The maximum atomic E-state index is 5.94. The molecule has 1 N–H and O–H groups in total. The first-order valence-corrected chi connectivity index (χ1v) is 8.92. The van der Waals surface area contributed by atoms with Crippen LogP contribution in [0.1, 0.15) is 29.0 Å². The van der Waals surface area contributed by atoms with Gasteiger partial charge in [0.1, 0.15) is 11.9 Å². The summed E-state index contributed by atoms with van der Waals surface area (Å²) in [5.41, 5.74) is 4.29. The number of ether oxygens (including phenoxy) is 2. The van der Waals surface area contributed by atoms with Crippen LogP contribution in [0.5, 0.6) is 5.75 Å². The molecule has 6 heteroatoms. The molecule has 0 aliphatic carbocycles. The van der Waals surface area contributed by atoms with Gasteiger partial charge in [0.25, 0.3) is 0 Å². The minimum absolute atomic E-state index is 0.0770. The van der Waals surface area contributed by atoms with Crippen LogP contribution in [0.3, 0.4) is 0 Å². The van der Waals surface area contributed by atoms with Gasteiger partial charge in [0.2, 0.25) is 0 Å². The Morgan fingerprint density at radius 3 is 2.77 bits per heavy atom. The van der Waals surface area contributed by atoms with Crippen molar-refractivity contribution in [2.45, 2.75) is 26.5 Å². The summed E-state index contributed by atoms with van der Waals surface area (Å²) in [5.74, 6) is 1.66. The number of nitrogens with zero attached hydrogens (tertiary/aromatic N) is 3. The third-order valence-corrected chi connectivity index (χ3v) is 4.72. The highest BCUT2D eigenvalue weighted by atomic mass is 16.5. The molecule has 6 nitrogen and oxygen atoms in total. The fourth-order valence-corrected chi connectivity index (χ4v) is 3.52. The summed E-state index contributed by atoms with van der Waals surface area (Å²) in [5, 5.41) is 1.17. The van der Waals surface area contributed by atoms with Crippen molar-refractivity contribution in [1.29, 1.82) is 0 Å². The van der Waals surface area contributed by atoms with Gasteiger partial charge in [-0.3, -0.25) is 4.90 Å². The third-order valence-electron chi connectivity index (χ3n) is 4.72. The molecule has 136 valence electrons. The molecule has 0 unspecified atom stereocenters. The number of methoxy groups -OCH3 is 1. The largest absolute Gasteiger partial charge is 0.497 e. The van der Waals surface area contributed by atoms with Crippen LogP contribution in [0.15, 0.2) is 30.3 Å². The zero-order valence-electron chi connectivity index (χ0n) is 15.5. The number of H-pyrrole nitrogens is 1. The van der Waals surface area contributed by atoms with E-state index in [4.69, 9.17) is 9.47 Å². The maximum absolute atomic E-state index is 5.94. The SMILES string of the molecule is COc1ccc2[nH]c(CN3CCO[C@@H](c4nc(C)cc(C)n4)C3)cc2c1. The Bertz CT molecular complexity index is 901. The quantitative estimate of drug-likeness (QED) is 0.781. The molecule has 26 heavy (non-hydrogen) atoms. The predicted octanol–water partition coefficient (Wildman–Crippen LogP) is 3.16. The molecule has 3 aromatic rings. The van der Waals surface area contributed by atoms with Crippen molar-refractivity contribution in [3.63, 3.8) is 0 Å². The molecule has 0 bridgehead atoms. The topological polar surface area (TPSA) is 63.3 Å². The molecule has 1 fully saturated rings. The molecule has 4 rings (SSSR count). The molecule has 1 atom stereocenters. The van der Waals surface area contributed by atoms with Crippen LogP contribution in [-0.2, 0) is 11.3 Å². The second kappa shape index (κ2) is 7.05. The van der Waals surface area contributed by atoms with Crippen LogP contribution >= 0.6 is 0 Å². The zero-order chi connectivity index (χ0) is 18.1. The molecule has 2 aromatic heterocycles. The monoisotopic (exact) mass is 352 g/mol. The number of benzene rings is 1. The first kappa shape index (κ1) is 17.0. The number of fused-ring (bicyclic) bond motifs is 1. The van der Waals surface area contributed by atoms with Gasteiger partial charge in [-0.05, 0) is 44.2 Å². The molecule has 0 amide bonds. The van der Waals surface area contributed by atoms with Crippen LogP contribution in [0, 0.1) is 13.8 Å². The Hall–Kier alpha value is -2.44. The van der Waals surface area contributed by atoms with E-state index in [0.717, 1.165) is 48.1 Å². The van der Waals surface area contributed by atoms with Crippen molar-refractivity contribution in [3.05, 3.63) is 53.2 Å². The second-order valence-corrected chi connectivity index (χ2v) is 6.85. The van der Waals surface area contributed by atoms with Crippen molar-refractivity contribution in [2.75, 3.05) is 26.8 Å². The highest BCUT2D eigenvalue weighted by Crippen LogP contribution is 2.24. The first-order valence-electron chi connectivity index (χ1n) is 8.92. The standard InChI is InChI=1S/C20H24N4O2/c1-13-8-14(2)22-20(21-13)19-12-24(6-7-26-19)11-16-9-15-10-17(25-3)4-5-18(15)23-16/h4-5,8-10,19,23H,6-7,11-12H2,1-3H3/t19-/m1/s1. The number of nitrogens with one attached hydrogen (secondary N) is 1. The zero-order valence-corrected chi connectivity index (χ0v) is 15.5. The Balaban J connectivity index is 1.49. The summed E-state index contributed by atoms with van der Waals surface area (Å²) in [6, 6.07) is 10.3. The molecule has 1 aliphatic rings. The molecule has 1 saturated heterocycles. The Morgan fingerprint density at radius 2 is 2.00 bits per heavy atom. The first-order chi connectivity index (χ1) is 12.6. The summed E-state index contributed by atoms with van der Waals surface area (Å²) >= 11 is 0. The molecular weight excluding hydrogens is 328 g/mol. The van der Waals surface area contributed by atoms with E-state index >= 15 is 0 Å². The third kappa shape index (κ3) is 3.57. The lowest BCUT2D eigenvalue weighted by molar-refractivity contribution is -0.0376. The van der Waals surface area contributed by atoms with Crippen molar-refractivity contribution in [3.8, 4) is 5.75 Å². The summed E-state index contributed by atoms with van der Waals surface area (Å²) in [4.78, 5) is 15.0. The smallest absolute Gasteiger partial charge is 0.158 e. The van der Waals surface area contributed by atoms with E-state index in [1.54, 1.807) is 7.11 Å². The summed E-state index contributed by atoms with van der Waals surface area (Å²) in [7, 11) is 1.69. The van der Waals surface area contributed by atoms with Crippen LogP contribution < -0.4 is 4.74 Å². The van der Waals surface area contributed by atoms with E-state index < -0.39 is 0 Å². The summed E-state index contributed by atoms with van der Waals surface area (Å²) in [6.45, 7) is 7.23. The van der Waals surface area contributed by atoms with E-state index in [2.05, 4.69) is 38.1 Å². The van der Waals surface area contributed by atoms with Gasteiger partial charge in [-0.15, -0.1) is 0 Å². The fraction of sp³-hybridized carbons (Fsp3) is 0.400. The molecule has 0 radical (unpaired) electrons. The molecular formula is C20H24N4O2. The van der Waals surface area contributed by atoms with E-state index in [9.17, 15) is 0 Å². The van der Waals surface area contributed by atoms with Gasteiger partial charge in [0.05, 0.1) is 13.7 Å². The number of aromatic nitrogens is 3. The normalized spacial score (nSPS) is 18.3. The molecule has 0 spiro atoms.